The van der Waals surface area contributed by atoms with E-state index in [4.69, 9.17) is 0 Å². The lowest BCUT2D eigenvalue weighted by molar-refractivity contribution is 0.0885. The lowest BCUT2D eigenvalue weighted by Gasteiger charge is -2.34. The van der Waals surface area contributed by atoms with E-state index < -0.39 is 0 Å². The van der Waals surface area contributed by atoms with Crippen LogP contribution in [0.15, 0.2) is 23.3 Å². The van der Waals surface area contributed by atoms with Gasteiger partial charge in [-0.05, 0) is 93.1 Å². The molecule has 0 saturated heterocycles. The van der Waals surface area contributed by atoms with Crippen LogP contribution in [0, 0.1) is 17.8 Å². The summed E-state index contributed by atoms with van der Waals surface area (Å²) in [5.74, 6) is 2.68. The van der Waals surface area contributed by atoms with Crippen molar-refractivity contribution in [3.63, 3.8) is 0 Å². The third kappa shape index (κ3) is 3.36. The van der Waals surface area contributed by atoms with Gasteiger partial charge in [-0.3, -0.25) is 0 Å². The molecule has 0 bridgehead atoms. The van der Waals surface area contributed by atoms with E-state index in [1.165, 1.54) is 51.4 Å². The molecule has 3 aliphatic rings. The Balaban J connectivity index is 1.55. The van der Waals surface area contributed by atoms with E-state index in [0.29, 0.717) is 0 Å². The Morgan fingerprint density at radius 1 is 0.800 bits per heavy atom. The summed E-state index contributed by atoms with van der Waals surface area (Å²) in [7, 11) is 0. The summed E-state index contributed by atoms with van der Waals surface area (Å²) in [4.78, 5) is 0. The van der Waals surface area contributed by atoms with Crippen molar-refractivity contribution in [2.45, 2.75) is 77.2 Å². The highest BCUT2D eigenvalue weighted by atomic mass is 16.3. The summed E-state index contributed by atoms with van der Waals surface area (Å²) >= 11 is 0. The van der Waals surface area contributed by atoms with Crippen molar-refractivity contribution in [2.24, 2.45) is 17.8 Å². The first-order chi connectivity index (χ1) is 9.72. The van der Waals surface area contributed by atoms with Gasteiger partial charge in [-0.1, -0.05) is 19.1 Å². The normalized spacial score (nSPS) is 39.1. The smallest absolute Gasteiger partial charge is 0.0540 e. The van der Waals surface area contributed by atoms with E-state index in [-0.39, 0.29) is 6.10 Å². The second-order valence-electron chi connectivity index (χ2n) is 7.44. The Kier molecular flexibility index (Phi) is 4.65. The van der Waals surface area contributed by atoms with Gasteiger partial charge in [-0.25, -0.2) is 0 Å². The standard InChI is InChI=1S/C19H30O/c1-14-2-4-15(5-3-14)16-6-8-17(9-7-16)18-10-12-19(20)13-11-18/h4,6,14,17-20H,2-3,5,7-13H2,1H3. The molecular formula is C19H30O. The van der Waals surface area contributed by atoms with Crippen LogP contribution in [0.5, 0.6) is 0 Å². The lowest BCUT2D eigenvalue weighted by Crippen LogP contribution is -2.25. The SMILES string of the molecule is CC1CC=C(C2=CCC(C3CCC(O)CC3)CC2)CC1. The predicted molar refractivity (Wildman–Crippen MR) is 84.5 cm³/mol. The maximum absolute atomic E-state index is 9.64. The average Bonchev–Trinajstić information content (AvgIpc) is 2.49. The third-order valence-electron chi connectivity index (χ3n) is 5.95. The van der Waals surface area contributed by atoms with Gasteiger partial charge >= 0.3 is 0 Å². The molecule has 1 saturated carbocycles. The van der Waals surface area contributed by atoms with E-state index in [0.717, 1.165) is 30.6 Å². The second kappa shape index (κ2) is 6.47. The minimum absolute atomic E-state index is 0.00433. The molecule has 0 heterocycles. The summed E-state index contributed by atoms with van der Waals surface area (Å²) < 4.78 is 0. The van der Waals surface area contributed by atoms with Crippen LogP contribution in [0.3, 0.4) is 0 Å². The number of allylic oxidation sites excluding steroid dienone is 4. The Morgan fingerprint density at radius 3 is 2.00 bits per heavy atom. The molecule has 3 aliphatic carbocycles. The van der Waals surface area contributed by atoms with Crippen molar-refractivity contribution < 1.29 is 5.11 Å². The third-order valence-corrected chi connectivity index (χ3v) is 5.95. The highest BCUT2D eigenvalue weighted by Gasteiger charge is 2.28. The molecule has 0 amide bonds. The van der Waals surface area contributed by atoms with E-state index in [9.17, 15) is 5.11 Å². The molecule has 0 aromatic rings. The summed E-state index contributed by atoms with van der Waals surface area (Å²) in [5.41, 5.74) is 3.34. The zero-order valence-electron chi connectivity index (χ0n) is 13.0. The van der Waals surface area contributed by atoms with Crippen LogP contribution in [0.25, 0.3) is 0 Å². The molecule has 0 spiro atoms. The van der Waals surface area contributed by atoms with Crippen LogP contribution in [-0.2, 0) is 0 Å². The molecule has 1 N–H and O–H groups in total. The summed E-state index contributed by atoms with van der Waals surface area (Å²) in [5, 5.41) is 9.64. The molecule has 1 nitrogen and oxygen atoms in total. The molecule has 0 aromatic carbocycles. The fourth-order valence-corrected chi connectivity index (χ4v) is 4.40. The quantitative estimate of drug-likeness (QED) is 0.750. The lowest BCUT2D eigenvalue weighted by atomic mass is 9.72. The van der Waals surface area contributed by atoms with Gasteiger partial charge in [0, 0.05) is 0 Å². The van der Waals surface area contributed by atoms with Crippen molar-refractivity contribution in [1.29, 1.82) is 0 Å². The molecule has 1 heteroatoms. The first-order valence-electron chi connectivity index (χ1n) is 8.79. The summed E-state index contributed by atoms with van der Waals surface area (Å²) in [6.45, 7) is 2.37. The minimum atomic E-state index is -0.00433. The van der Waals surface area contributed by atoms with E-state index in [1.807, 2.05) is 0 Å². The Bertz CT molecular complexity index is 385. The molecule has 1 fully saturated rings. The van der Waals surface area contributed by atoms with Crippen molar-refractivity contribution in [3.05, 3.63) is 23.3 Å². The van der Waals surface area contributed by atoms with Gasteiger partial charge in [0.15, 0.2) is 0 Å². The van der Waals surface area contributed by atoms with Crippen LogP contribution < -0.4 is 0 Å². The highest BCUT2D eigenvalue weighted by molar-refractivity contribution is 5.33. The number of rotatable bonds is 2. The highest BCUT2D eigenvalue weighted by Crippen LogP contribution is 2.40. The van der Waals surface area contributed by atoms with Gasteiger partial charge in [0.1, 0.15) is 0 Å². The zero-order valence-corrected chi connectivity index (χ0v) is 13.0. The van der Waals surface area contributed by atoms with Gasteiger partial charge < -0.3 is 5.11 Å². The number of hydrogen-bond acceptors (Lipinski definition) is 1. The van der Waals surface area contributed by atoms with Crippen molar-refractivity contribution in [2.75, 3.05) is 0 Å². The van der Waals surface area contributed by atoms with Crippen molar-refractivity contribution >= 4 is 0 Å². The van der Waals surface area contributed by atoms with Crippen molar-refractivity contribution in [3.8, 4) is 0 Å². The fraction of sp³-hybridized carbons (Fsp3) is 0.789. The van der Waals surface area contributed by atoms with Gasteiger partial charge in [-0.2, -0.15) is 0 Å². The maximum atomic E-state index is 9.64. The number of aliphatic hydroxyl groups is 1. The Labute approximate surface area is 124 Å². The number of hydrogen-bond donors (Lipinski definition) is 1. The van der Waals surface area contributed by atoms with E-state index in [1.54, 1.807) is 11.1 Å². The van der Waals surface area contributed by atoms with E-state index in [2.05, 4.69) is 19.1 Å². The van der Waals surface area contributed by atoms with Gasteiger partial charge in [0.05, 0.1) is 6.10 Å². The minimum Gasteiger partial charge on any atom is -0.393 e. The summed E-state index contributed by atoms with van der Waals surface area (Å²) in [6.07, 6.45) is 17.6. The molecule has 0 radical (unpaired) electrons. The zero-order chi connectivity index (χ0) is 13.9. The Hall–Kier alpha value is -0.560. The largest absolute Gasteiger partial charge is 0.393 e. The predicted octanol–water partition coefficient (Wildman–Crippen LogP) is 5.01. The monoisotopic (exact) mass is 274 g/mol. The molecule has 3 rings (SSSR count). The Morgan fingerprint density at radius 2 is 1.45 bits per heavy atom. The van der Waals surface area contributed by atoms with E-state index >= 15 is 0 Å². The maximum Gasteiger partial charge on any atom is 0.0540 e. The molecular weight excluding hydrogens is 244 g/mol. The fourth-order valence-electron chi connectivity index (χ4n) is 4.40. The van der Waals surface area contributed by atoms with Gasteiger partial charge in [-0.15, -0.1) is 0 Å². The molecule has 20 heavy (non-hydrogen) atoms. The van der Waals surface area contributed by atoms with Gasteiger partial charge in [0.2, 0.25) is 0 Å². The van der Waals surface area contributed by atoms with Crippen LogP contribution >= 0.6 is 0 Å². The number of aliphatic hydroxyl groups excluding tert-OH is 1. The first-order valence-corrected chi connectivity index (χ1v) is 8.79. The van der Waals surface area contributed by atoms with Gasteiger partial charge in [0.25, 0.3) is 0 Å². The molecule has 0 aromatic heterocycles. The summed E-state index contributed by atoms with van der Waals surface area (Å²) in [6, 6.07) is 0. The molecule has 2 unspecified atom stereocenters. The first kappa shape index (κ1) is 14.4. The van der Waals surface area contributed by atoms with Crippen LogP contribution in [0.2, 0.25) is 0 Å². The molecule has 0 aliphatic heterocycles. The topological polar surface area (TPSA) is 20.2 Å². The van der Waals surface area contributed by atoms with Crippen LogP contribution in [0.4, 0.5) is 0 Å². The second-order valence-corrected chi connectivity index (χ2v) is 7.44. The molecule has 112 valence electrons. The average molecular weight is 274 g/mol. The molecule has 2 atom stereocenters. The van der Waals surface area contributed by atoms with Crippen molar-refractivity contribution in [1.82, 2.24) is 0 Å². The van der Waals surface area contributed by atoms with Crippen LogP contribution in [-0.4, -0.2) is 11.2 Å². The van der Waals surface area contributed by atoms with Crippen LogP contribution in [0.1, 0.15) is 71.1 Å².